The molecule has 376 valence electrons. The van der Waals surface area contributed by atoms with E-state index in [2.05, 4.69) is 81.5 Å². The number of rotatable bonds is 50. The van der Waals surface area contributed by atoms with Crippen molar-refractivity contribution in [2.24, 2.45) is 0 Å². The van der Waals surface area contributed by atoms with Gasteiger partial charge in [-0.25, -0.2) is 0 Å². The fraction of sp³-hybridized carbons (Fsp3) is 0.780. The van der Waals surface area contributed by atoms with E-state index in [4.69, 9.17) is 14.2 Å². The summed E-state index contributed by atoms with van der Waals surface area (Å²) in [6, 6.07) is 0. The van der Waals surface area contributed by atoms with Crippen LogP contribution in [0.1, 0.15) is 278 Å². The van der Waals surface area contributed by atoms with Gasteiger partial charge in [0.25, 0.3) is 0 Å². The second kappa shape index (κ2) is 53.7. The average Bonchev–Trinajstić information content (AvgIpc) is 3.30. The molecule has 0 rings (SSSR count). The molecule has 0 N–H and O–H groups in total. The Bertz CT molecular complexity index is 1180. The van der Waals surface area contributed by atoms with Crippen LogP contribution in [0.4, 0.5) is 0 Å². The lowest BCUT2D eigenvalue weighted by molar-refractivity contribution is -0.167. The fourth-order valence-corrected chi connectivity index (χ4v) is 7.80. The van der Waals surface area contributed by atoms with Crippen LogP contribution >= 0.6 is 0 Å². The van der Waals surface area contributed by atoms with Gasteiger partial charge in [0.05, 0.1) is 0 Å². The summed E-state index contributed by atoms with van der Waals surface area (Å²) in [5.74, 6) is -0.914. The molecule has 0 aliphatic heterocycles. The second-order valence-electron chi connectivity index (χ2n) is 18.5. The first-order chi connectivity index (χ1) is 32.0. The van der Waals surface area contributed by atoms with Crippen molar-refractivity contribution < 1.29 is 28.6 Å². The smallest absolute Gasteiger partial charge is 0.306 e. The van der Waals surface area contributed by atoms with Gasteiger partial charge < -0.3 is 14.2 Å². The first kappa shape index (κ1) is 62.1. The molecule has 0 saturated carbocycles. The summed E-state index contributed by atoms with van der Waals surface area (Å²) < 4.78 is 16.8. The van der Waals surface area contributed by atoms with Gasteiger partial charge in [-0.05, 0) is 103 Å². The van der Waals surface area contributed by atoms with Gasteiger partial charge in [0.2, 0.25) is 0 Å². The van der Waals surface area contributed by atoms with Crippen LogP contribution in [-0.4, -0.2) is 37.2 Å². The van der Waals surface area contributed by atoms with E-state index in [0.717, 1.165) is 96.3 Å². The van der Waals surface area contributed by atoms with Crippen molar-refractivity contribution in [3.05, 3.63) is 60.8 Å². The Kier molecular flexibility index (Phi) is 51.3. The lowest BCUT2D eigenvalue weighted by atomic mass is 10.1. The van der Waals surface area contributed by atoms with E-state index in [1.54, 1.807) is 0 Å². The topological polar surface area (TPSA) is 78.9 Å². The number of carbonyl (C=O) groups is 3. The van der Waals surface area contributed by atoms with Crippen LogP contribution in [0.5, 0.6) is 0 Å². The number of hydrogen-bond acceptors (Lipinski definition) is 6. The van der Waals surface area contributed by atoms with Crippen molar-refractivity contribution in [1.29, 1.82) is 0 Å². The maximum atomic E-state index is 12.8. The van der Waals surface area contributed by atoms with Crippen molar-refractivity contribution in [3.8, 4) is 0 Å². The zero-order valence-corrected chi connectivity index (χ0v) is 43.0. The summed E-state index contributed by atoms with van der Waals surface area (Å²) in [6.07, 6.45) is 66.4. The number of esters is 3. The summed E-state index contributed by atoms with van der Waals surface area (Å²) in [4.78, 5) is 38.1. The molecule has 0 radical (unpaired) electrons. The van der Waals surface area contributed by atoms with Gasteiger partial charge in [-0.1, -0.05) is 216 Å². The molecule has 0 saturated heterocycles. The molecule has 0 aromatic carbocycles. The van der Waals surface area contributed by atoms with Crippen LogP contribution < -0.4 is 0 Å². The molecule has 65 heavy (non-hydrogen) atoms. The molecular formula is C59H104O6. The number of carbonyl (C=O) groups excluding carboxylic acids is 3. The van der Waals surface area contributed by atoms with Gasteiger partial charge in [0.1, 0.15) is 13.2 Å². The molecule has 0 spiro atoms. The standard InChI is InChI=1S/C59H104O6/c1-4-7-10-13-16-19-22-25-28-29-30-32-34-37-40-43-46-49-52-58(61)64-55-56(54-63-57(60)51-48-45-42-39-36-33-27-24-21-18-15-12-9-6-3)65-59(62)53-50-47-44-41-38-35-31-26-23-20-17-14-11-8-5-2/h9,12,18,20-21,23,27,30,32-33,56H,4-8,10-11,13-17,19,22,24-26,28-29,31,34-55H2,1-3H3/b12-9-,21-18-,23-20-,32-30-,33-27-. The van der Waals surface area contributed by atoms with Crippen LogP contribution in [0.2, 0.25) is 0 Å². The lowest BCUT2D eigenvalue weighted by Gasteiger charge is -2.18. The van der Waals surface area contributed by atoms with Crippen molar-refractivity contribution >= 4 is 17.9 Å². The van der Waals surface area contributed by atoms with E-state index >= 15 is 0 Å². The Hall–Kier alpha value is -2.89. The third kappa shape index (κ3) is 51.9. The molecule has 0 heterocycles. The molecule has 1 atom stereocenters. The first-order valence-electron chi connectivity index (χ1n) is 27.8. The normalized spacial score (nSPS) is 12.5. The highest BCUT2D eigenvalue weighted by Crippen LogP contribution is 2.15. The van der Waals surface area contributed by atoms with Crippen molar-refractivity contribution in [3.63, 3.8) is 0 Å². The molecular weight excluding hydrogens is 805 g/mol. The Balaban J connectivity index is 4.40. The van der Waals surface area contributed by atoms with Crippen molar-refractivity contribution in [2.75, 3.05) is 13.2 Å². The summed E-state index contributed by atoms with van der Waals surface area (Å²) in [6.45, 7) is 6.50. The van der Waals surface area contributed by atoms with Crippen molar-refractivity contribution in [2.45, 2.75) is 284 Å². The van der Waals surface area contributed by atoms with Crippen LogP contribution in [-0.2, 0) is 28.6 Å². The third-order valence-corrected chi connectivity index (χ3v) is 12.0. The van der Waals surface area contributed by atoms with Gasteiger partial charge in [-0.15, -0.1) is 0 Å². The first-order valence-corrected chi connectivity index (χ1v) is 27.8. The highest BCUT2D eigenvalue weighted by atomic mass is 16.6. The molecule has 0 aromatic heterocycles. The molecule has 0 amide bonds. The maximum Gasteiger partial charge on any atom is 0.306 e. The average molecular weight is 909 g/mol. The molecule has 0 fully saturated rings. The van der Waals surface area contributed by atoms with Gasteiger partial charge in [-0.3, -0.25) is 14.4 Å². The van der Waals surface area contributed by atoms with Gasteiger partial charge in [0.15, 0.2) is 6.10 Å². The SMILES string of the molecule is CC/C=C\C/C=C\C/C=C\CCCCCCC(=O)OCC(COC(=O)CCCCCCC/C=C\CCCCCCCCCCC)OC(=O)CCCCCCCCC/C=C\CCCCCC. The Morgan fingerprint density at radius 3 is 0.969 bits per heavy atom. The fourth-order valence-electron chi connectivity index (χ4n) is 7.80. The minimum atomic E-state index is -0.788. The molecule has 1 unspecified atom stereocenters. The highest BCUT2D eigenvalue weighted by molar-refractivity contribution is 5.71. The molecule has 6 heteroatoms. The highest BCUT2D eigenvalue weighted by Gasteiger charge is 2.19. The number of allylic oxidation sites excluding steroid dienone is 10. The quantitative estimate of drug-likeness (QED) is 0.0262. The minimum absolute atomic E-state index is 0.0868. The summed E-state index contributed by atoms with van der Waals surface area (Å²) in [5, 5.41) is 0. The van der Waals surface area contributed by atoms with Crippen LogP contribution in [0, 0.1) is 0 Å². The van der Waals surface area contributed by atoms with E-state index in [0.29, 0.717) is 19.3 Å². The summed E-state index contributed by atoms with van der Waals surface area (Å²) in [5.41, 5.74) is 0. The van der Waals surface area contributed by atoms with Gasteiger partial charge in [0, 0.05) is 19.3 Å². The van der Waals surface area contributed by atoms with Crippen LogP contribution in [0.25, 0.3) is 0 Å². The summed E-state index contributed by atoms with van der Waals surface area (Å²) >= 11 is 0. The molecule has 0 aliphatic rings. The monoisotopic (exact) mass is 909 g/mol. The zero-order valence-electron chi connectivity index (χ0n) is 43.0. The summed E-state index contributed by atoms with van der Waals surface area (Å²) in [7, 11) is 0. The Morgan fingerprint density at radius 1 is 0.323 bits per heavy atom. The number of unbranched alkanes of at least 4 members (excludes halogenated alkanes) is 29. The molecule has 0 bridgehead atoms. The van der Waals surface area contributed by atoms with E-state index in [1.807, 2.05) is 0 Å². The van der Waals surface area contributed by atoms with E-state index in [-0.39, 0.29) is 31.1 Å². The van der Waals surface area contributed by atoms with Crippen molar-refractivity contribution in [1.82, 2.24) is 0 Å². The van der Waals surface area contributed by atoms with Gasteiger partial charge >= 0.3 is 17.9 Å². The third-order valence-electron chi connectivity index (χ3n) is 12.0. The lowest BCUT2D eigenvalue weighted by Crippen LogP contribution is -2.30. The van der Waals surface area contributed by atoms with Crippen LogP contribution in [0.3, 0.4) is 0 Å². The number of hydrogen-bond donors (Lipinski definition) is 0. The second-order valence-corrected chi connectivity index (χ2v) is 18.5. The van der Waals surface area contributed by atoms with Crippen LogP contribution in [0.15, 0.2) is 60.8 Å². The molecule has 0 aromatic rings. The van der Waals surface area contributed by atoms with Gasteiger partial charge in [-0.2, -0.15) is 0 Å². The number of ether oxygens (including phenoxy) is 3. The Morgan fingerprint density at radius 2 is 0.600 bits per heavy atom. The van der Waals surface area contributed by atoms with E-state index in [1.165, 1.54) is 141 Å². The Labute approximate surface area is 402 Å². The zero-order chi connectivity index (χ0) is 47.2. The largest absolute Gasteiger partial charge is 0.462 e. The van der Waals surface area contributed by atoms with E-state index in [9.17, 15) is 14.4 Å². The molecule has 0 aliphatic carbocycles. The maximum absolute atomic E-state index is 12.8. The molecule has 6 nitrogen and oxygen atoms in total. The van der Waals surface area contributed by atoms with E-state index < -0.39 is 6.10 Å². The predicted octanol–water partition coefficient (Wildman–Crippen LogP) is 18.4. The predicted molar refractivity (Wildman–Crippen MR) is 279 cm³/mol. The minimum Gasteiger partial charge on any atom is -0.462 e.